The Labute approximate surface area is 140 Å². The zero-order chi connectivity index (χ0) is 16.8. The second kappa shape index (κ2) is 7.99. The summed E-state index contributed by atoms with van der Waals surface area (Å²) in [7, 11) is 0. The van der Waals surface area contributed by atoms with Crippen molar-refractivity contribution in [3.05, 3.63) is 30.1 Å². The lowest BCUT2D eigenvalue weighted by Gasteiger charge is -2.18. The normalized spacial score (nSPS) is 24.0. The van der Waals surface area contributed by atoms with Crippen LogP contribution in [-0.4, -0.2) is 34.7 Å². The molecule has 1 aromatic heterocycles. The number of carbonyl (C=O) groups is 1. The van der Waals surface area contributed by atoms with E-state index in [4.69, 9.17) is 0 Å². The Morgan fingerprint density at radius 1 is 1.25 bits per heavy atom. The number of aliphatic imine (C=N–C) groups is 1. The lowest BCUT2D eigenvalue weighted by molar-refractivity contribution is -0.124. The van der Waals surface area contributed by atoms with Gasteiger partial charge in [-0.1, -0.05) is 6.42 Å². The van der Waals surface area contributed by atoms with Gasteiger partial charge in [-0.3, -0.25) is 9.79 Å². The van der Waals surface area contributed by atoms with Gasteiger partial charge >= 0.3 is 0 Å². The van der Waals surface area contributed by atoms with E-state index in [0.29, 0.717) is 0 Å². The molecule has 0 aromatic carbocycles. The fourth-order valence-corrected chi connectivity index (χ4v) is 3.17. The fraction of sp³-hybridized carbons (Fsp3) is 0.529. The zero-order valence-electron chi connectivity index (χ0n) is 13.5. The van der Waals surface area contributed by atoms with Crippen molar-refractivity contribution in [2.45, 2.75) is 44.6 Å². The summed E-state index contributed by atoms with van der Waals surface area (Å²) in [6.07, 6.45) is 11.2. The van der Waals surface area contributed by atoms with Gasteiger partial charge in [-0.2, -0.15) is 0 Å². The second-order valence-electron chi connectivity index (χ2n) is 6.25. The smallest absolute Gasteiger partial charge is 0.227 e. The molecular formula is C17H22FN5O. The minimum atomic E-state index is -0.443. The summed E-state index contributed by atoms with van der Waals surface area (Å²) in [6.45, 7) is 0.729. The molecule has 1 amide bonds. The third-order valence-electron chi connectivity index (χ3n) is 4.52. The van der Waals surface area contributed by atoms with Crippen molar-refractivity contribution in [1.29, 1.82) is 0 Å². The second-order valence-corrected chi connectivity index (χ2v) is 6.25. The quantitative estimate of drug-likeness (QED) is 0.831. The SMILES string of the molecule is O=C(NC1=CC=NCC1)C1CCC[C@H](Nc2ncncc2F)CC1. The highest BCUT2D eigenvalue weighted by atomic mass is 19.1. The molecular weight excluding hydrogens is 309 g/mol. The number of nitrogens with one attached hydrogen (secondary N) is 2. The molecule has 7 heteroatoms. The standard InChI is InChI=1S/C17H22FN5O/c18-15-10-20-11-21-16(15)22-13-3-1-2-12(4-5-13)17(24)23-14-6-8-19-9-7-14/h6,8,10-13H,1-5,7,9H2,(H,23,24)(H,20,21,22)/t12?,13-/m0/s1. The molecule has 6 nitrogen and oxygen atoms in total. The van der Waals surface area contributed by atoms with E-state index in [0.717, 1.165) is 57.0 Å². The van der Waals surface area contributed by atoms with E-state index in [1.54, 1.807) is 6.21 Å². The van der Waals surface area contributed by atoms with Gasteiger partial charge in [0, 0.05) is 36.8 Å². The third-order valence-corrected chi connectivity index (χ3v) is 4.52. The molecule has 2 N–H and O–H groups in total. The van der Waals surface area contributed by atoms with Crippen molar-refractivity contribution in [2.75, 3.05) is 11.9 Å². The van der Waals surface area contributed by atoms with Crippen molar-refractivity contribution in [3.63, 3.8) is 0 Å². The average Bonchev–Trinajstić information content (AvgIpc) is 2.84. The number of allylic oxidation sites excluding steroid dienone is 1. The summed E-state index contributed by atoms with van der Waals surface area (Å²) < 4.78 is 13.6. The first-order valence-corrected chi connectivity index (χ1v) is 8.44. The molecule has 1 aromatic rings. The Bertz CT molecular complexity index is 646. The fourth-order valence-electron chi connectivity index (χ4n) is 3.17. The van der Waals surface area contributed by atoms with E-state index in [-0.39, 0.29) is 23.7 Å². The topological polar surface area (TPSA) is 79.3 Å². The van der Waals surface area contributed by atoms with Gasteiger partial charge in [0.25, 0.3) is 0 Å². The summed E-state index contributed by atoms with van der Waals surface area (Å²) >= 11 is 0. The van der Waals surface area contributed by atoms with Crippen molar-refractivity contribution >= 4 is 17.9 Å². The van der Waals surface area contributed by atoms with Crippen LogP contribution in [0.1, 0.15) is 38.5 Å². The van der Waals surface area contributed by atoms with Gasteiger partial charge in [-0.05, 0) is 31.8 Å². The lowest BCUT2D eigenvalue weighted by Crippen LogP contribution is -2.31. The largest absolute Gasteiger partial charge is 0.365 e. The predicted molar refractivity (Wildman–Crippen MR) is 90.2 cm³/mol. The van der Waals surface area contributed by atoms with E-state index in [9.17, 15) is 9.18 Å². The van der Waals surface area contributed by atoms with Crippen molar-refractivity contribution < 1.29 is 9.18 Å². The van der Waals surface area contributed by atoms with E-state index in [2.05, 4.69) is 25.6 Å². The number of anilines is 1. The van der Waals surface area contributed by atoms with Gasteiger partial charge in [0.15, 0.2) is 11.6 Å². The van der Waals surface area contributed by atoms with E-state index in [1.165, 1.54) is 6.33 Å². The number of carbonyl (C=O) groups excluding carboxylic acids is 1. The molecule has 1 saturated carbocycles. The van der Waals surface area contributed by atoms with Gasteiger partial charge in [0.05, 0.1) is 6.20 Å². The lowest BCUT2D eigenvalue weighted by atomic mass is 9.99. The number of nitrogens with zero attached hydrogens (tertiary/aromatic N) is 3. The Morgan fingerprint density at radius 3 is 2.96 bits per heavy atom. The van der Waals surface area contributed by atoms with Crippen molar-refractivity contribution in [1.82, 2.24) is 15.3 Å². The highest BCUT2D eigenvalue weighted by molar-refractivity contribution is 5.82. The molecule has 24 heavy (non-hydrogen) atoms. The maximum atomic E-state index is 13.6. The maximum absolute atomic E-state index is 13.6. The summed E-state index contributed by atoms with van der Waals surface area (Å²) in [4.78, 5) is 24.1. The van der Waals surface area contributed by atoms with Gasteiger partial charge in [0.2, 0.25) is 5.91 Å². The molecule has 1 aliphatic heterocycles. The van der Waals surface area contributed by atoms with Crippen LogP contribution in [0.5, 0.6) is 0 Å². The van der Waals surface area contributed by atoms with E-state index >= 15 is 0 Å². The van der Waals surface area contributed by atoms with Gasteiger partial charge in [-0.25, -0.2) is 14.4 Å². The van der Waals surface area contributed by atoms with Crippen LogP contribution in [0.2, 0.25) is 0 Å². The Hall–Kier alpha value is -2.31. The minimum Gasteiger partial charge on any atom is -0.365 e. The number of hydrogen-bond acceptors (Lipinski definition) is 5. The predicted octanol–water partition coefficient (Wildman–Crippen LogP) is 2.45. The summed E-state index contributed by atoms with van der Waals surface area (Å²) in [5.41, 5.74) is 0.942. The number of dihydropyridines is 1. The Kier molecular flexibility index (Phi) is 5.51. The van der Waals surface area contributed by atoms with E-state index < -0.39 is 5.82 Å². The Balaban J connectivity index is 1.53. The molecule has 0 spiro atoms. The first kappa shape index (κ1) is 16.5. The molecule has 2 aliphatic rings. The van der Waals surface area contributed by atoms with Crippen LogP contribution in [0.4, 0.5) is 10.2 Å². The molecule has 2 atom stereocenters. The van der Waals surface area contributed by atoms with Gasteiger partial charge in [0.1, 0.15) is 6.33 Å². The first-order chi connectivity index (χ1) is 11.7. The molecule has 0 saturated heterocycles. The monoisotopic (exact) mass is 331 g/mol. The summed E-state index contributed by atoms with van der Waals surface area (Å²) in [5, 5.41) is 6.16. The zero-order valence-corrected chi connectivity index (χ0v) is 13.5. The average molecular weight is 331 g/mol. The molecule has 3 rings (SSSR count). The first-order valence-electron chi connectivity index (χ1n) is 8.44. The number of hydrogen-bond donors (Lipinski definition) is 2. The maximum Gasteiger partial charge on any atom is 0.227 e. The molecule has 1 aliphatic carbocycles. The molecule has 1 unspecified atom stereocenters. The number of rotatable bonds is 4. The number of aromatic nitrogens is 2. The van der Waals surface area contributed by atoms with Crippen LogP contribution in [0.25, 0.3) is 0 Å². The third kappa shape index (κ3) is 4.37. The number of amides is 1. The summed E-state index contributed by atoms with van der Waals surface area (Å²) in [6, 6.07) is 0.133. The van der Waals surface area contributed by atoms with E-state index in [1.807, 2.05) is 6.08 Å². The van der Waals surface area contributed by atoms with Crippen molar-refractivity contribution in [3.8, 4) is 0 Å². The molecule has 2 heterocycles. The summed E-state index contributed by atoms with van der Waals surface area (Å²) in [5.74, 6) is -0.108. The highest BCUT2D eigenvalue weighted by Crippen LogP contribution is 2.26. The van der Waals surface area contributed by atoms with Gasteiger partial charge < -0.3 is 10.6 Å². The minimum absolute atomic E-state index is 0.00631. The van der Waals surface area contributed by atoms with Crippen LogP contribution in [0.3, 0.4) is 0 Å². The van der Waals surface area contributed by atoms with Crippen LogP contribution in [-0.2, 0) is 4.79 Å². The van der Waals surface area contributed by atoms with Crippen LogP contribution < -0.4 is 10.6 Å². The highest BCUT2D eigenvalue weighted by Gasteiger charge is 2.25. The van der Waals surface area contributed by atoms with Gasteiger partial charge in [-0.15, -0.1) is 0 Å². The molecule has 128 valence electrons. The Morgan fingerprint density at radius 2 is 2.17 bits per heavy atom. The molecule has 0 bridgehead atoms. The van der Waals surface area contributed by atoms with Crippen LogP contribution >= 0.6 is 0 Å². The number of halogens is 1. The van der Waals surface area contributed by atoms with Crippen LogP contribution in [0, 0.1) is 11.7 Å². The van der Waals surface area contributed by atoms with Crippen molar-refractivity contribution in [2.24, 2.45) is 10.9 Å². The molecule has 0 radical (unpaired) electrons. The van der Waals surface area contributed by atoms with Crippen LogP contribution in [0.15, 0.2) is 29.3 Å². The molecule has 1 fully saturated rings.